The maximum Gasteiger partial charge on any atom is 0.314 e. The smallest absolute Gasteiger partial charge is 0.314 e. The third-order valence-electron chi connectivity index (χ3n) is 3.57. The van der Waals surface area contributed by atoms with Crippen molar-refractivity contribution in [2.75, 3.05) is 11.9 Å². The van der Waals surface area contributed by atoms with Crippen LogP contribution in [0.15, 0.2) is 34.8 Å². The summed E-state index contributed by atoms with van der Waals surface area (Å²) in [6.45, 7) is 4.20. The van der Waals surface area contributed by atoms with Crippen LogP contribution in [0.1, 0.15) is 19.0 Å². The van der Waals surface area contributed by atoms with E-state index in [9.17, 15) is 9.59 Å². The van der Waals surface area contributed by atoms with Crippen molar-refractivity contribution in [1.29, 1.82) is 5.26 Å². The number of hydrogen-bond acceptors (Lipinski definition) is 5. The molecular formula is C18H20BrN5O3. The second kappa shape index (κ2) is 9.73. The molecule has 8 nitrogen and oxygen atoms in total. The zero-order valence-electron chi connectivity index (χ0n) is 15.0. The van der Waals surface area contributed by atoms with Crippen LogP contribution in [0.3, 0.4) is 0 Å². The first-order valence-electron chi connectivity index (χ1n) is 8.32. The van der Waals surface area contributed by atoms with E-state index in [1.807, 2.05) is 18.2 Å². The second-order valence-corrected chi connectivity index (χ2v) is 6.76. The number of hydrogen-bond donors (Lipinski definition) is 2. The molecule has 2 rings (SSSR count). The third-order valence-corrected chi connectivity index (χ3v) is 4.09. The van der Waals surface area contributed by atoms with Crippen LogP contribution in [0.25, 0.3) is 0 Å². The number of amides is 2. The highest BCUT2D eigenvalue weighted by Gasteiger charge is 2.17. The third kappa shape index (κ3) is 6.42. The summed E-state index contributed by atoms with van der Waals surface area (Å²) in [7, 11) is 0. The minimum atomic E-state index is -0.809. The number of carbonyl (C=O) groups excluding carboxylic acids is 2. The Morgan fingerprint density at radius 1 is 1.33 bits per heavy atom. The van der Waals surface area contributed by atoms with Crippen LogP contribution in [-0.4, -0.2) is 34.2 Å². The van der Waals surface area contributed by atoms with Gasteiger partial charge in [0.15, 0.2) is 5.82 Å². The van der Waals surface area contributed by atoms with E-state index >= 15 is 0 Å². The van der Waals surface area contributed by atoms with Crippen molar-refractivity contribution in [2.24, 2.45) is 0 Å². The zero-order chi connectivity index (χ0) is 19.8. The molecule has 0 aliphatic rings. The van der Waals surface area contributed by atoms with Gasteiger partial charge in [-0.25, -0.2) is 0 Å². The highest BCUT2D eigenvalue weighted by Crippen LogP contribution is 2.17. The molecule has 2 amide bonds. The SMILES string of the molecule is Cc1cc(NC(=O)C(=O)NCC(C)Oc2ccc(Br)cc2)nn1CCC#N. The van der Waals surface area contributed by atoms with Gasteiger partial charge in [0.1, 0.15) is 11.9 Å². The average Bonchev–Trinajstić information content (AvgIpc) is 2.98. The van der Waals surface area contributed by atoms with Gasteiger partial charge in [-0.3, -0.25) is 14.3 Å². The van der Waals surface area contributed by atoms with E-state index in [2.05, 4.69) is 31.7 Å². The highest BCUT2D eigenvalue weighted by atomic mass is 79.9. The van der Waals surface area contributed by atoms with Crippen molar-refractivity contribution in [3.63, 3.8) is 0 Å². The molecule has 0 bridgehead atoms. The van der Waals surface area contributed by atoms with Crippen molar-refractivity contribution in [2.45, 2.75) is 32.9 Å². The number of carbonyl (C=O) groups is 2. The van der Waals surface area contributed by atoms with Crippen LogP contribution in [0, 0.1) is 18.3 Å². The lowest BCUT2D eigenvalue weighted by Crippen LogP contribution is -2.40. The Hall–Kier alpha value is -2.86. The van der Waals surface area contributed by atoms with Gasteiger partial charge in [-0.05, 0) is 38.1 Å². The molecule has 9 heteroatoms. The Bertz CT molecular complexity index is 842. The van der Waals surface area contributed by atoms with Gasteiger partial charge in [-0.15, -0.1) is 0 Å². The second-order valence-electron chi connectivity index (χ2n) is 5.85. The first kappa shape index (κ1) is 20.5. The Morgan fingerprint density at radius 2 is 2.04 bits per heavy atom. The lowest BCUT2D eigenvalue weighted by molar-refractivity contribution is -0.136. The molecule has 142 valence electrons. The molecule has 0 aliphatic carbocycles. The summed E-state index contributed by atoms with van der Waals surface area (Å²) in [6.07, 6.45) is 0.00230. The standard InChI is InChI=1S/C18H20BrN5O3/c1-12-10-16(23-24(12)9-3-8-20)22-18(26)17(25)21-11-13(2)27-15-6-4-14(19)5-7-15/h4-7,10,13H,3,9,11H2,1-2H3,(H,21,25)(H,22,23,26). The number of benzene rings is 1. The van der Waals surface area contributed by atoms with E-state index in [1.165, 1.54) is 0 Å². The quantitative estimate of drug-likeness (QED) is 0.651. The summed E-state index contributed by atoms with van der Waals surface area (Å²) in [5.41, 5.74) is 0.789. The number of nitrogens with one attached hydrogen (secondary N) is 2. The van der Waals surface area contributed by atoms with Crippen molar-refractivity contribution < 1.29 is 14.3 Å². The summed E-state index contributed by atoms with van der Waals surface area (Å²) >= 11 is 3.34. The van der Waals surface area contributed by atoms with Gasteiger partial charge >= 0.3 is 11.8 Å². The first-order valence-corrected chi connectivity index (χ1v) is 9.11. The Morgan fingerprint density at radius 3 is 2.70 bits per heavy atom. The van der Waals surface area contributed by atoms with Crippen LogP contribution >= 0.6 is 15.9 Å². The minimum Gasteiger partial charge on any atom is -0.489 e. The van der Waals surface area contributed by atoms with Gasteiger partial charge in [0, 0.05) is 16.2 Å². The predicted octanol–water partition coefficient (Wildman–Crippen LogP) is 2.39. The molecule has 1 heterocycles. The summed E-state index contributed by atoms with van der Waals surface area (Å²) in [4.78, 5) is 23.9. The van der Waals surface area contributed by atoms with Gasteiger partial charge < -0.3 is 15.4 Å². The molecule has 0 saturated heterocycles. The molecule has 0 saturated carbocycles. The summed E-state index contributed by atoms with van der Waals surface area (Å²) in [5, 5.41) is 17.8. The predicted molar refractivity (Wildman–Crippen MR) is 103 cm³/mol. The van der Waals surface area contributed by atoms with Crippen LogP contribution in [0.4, 0.5) is 5.82 Å². The molecule has 1 aromatic carbocycles. The van der Waals surface area contributed by atoms with Gasteiger partial charge in [-0.2, -0.15) is 10.4 Å². The summed E-state index contributed by atoms with van der Waals surface area (Å²) in [5.74, 6) is -0.645. The zero-order valence-corrected chi connectivity index (χ0v) is 16.6. The lowest BCUT2D eigenvalue weighted by atomic mass is 10.3. The van der Waals surface area contributed by atoms with Gasteiger partial charge in [-0.1, -0.05) is 15.9 Å². The average molecular weight is 434 g/mol. The molecule has 2 aromatic rings. The summed E-state index contributed by atoms with van der Waals surface area (Å²) in [6, 6.07) is 11.0. The van der Waals surface area contributed by atoms with E-state index in [1.54, 1.807) is 36.7 Å². The molecule has 2 N–H and O–H groups in total. The molecule has 0 aliphatic heterocycles. The van der Waals surface area contributed by atoms with E-state index in [0.29, 0.717) is 18.7 Å². The molecule has 1 aromatic heterocycles. The highest BCUT2D eigenvalue weighted by molar-refractivity contribution is 9.10. The normalized spacial score (nSPS) is 11.3. The number of aryl methyl sites for hydroxylation is 2. The van der Waals surface area contributed by atoms with E-state index in [4.69, 9.17) is 10.00 Å². The van der Waals surface area contributed by atoms with E-state index in [-0.39, 0.29) is 18.5 Å². The van der Waals surface area contributed by atoms with Crippen LogP contribution < -0.4 is 15.4 Å². The number of nitrogens with zero attached hydrogens (tertiary/aromatic N) is 3. The Balaban J connectivity index is 1.80. The van der Waals surface area contributed by atoms with Gasteiger partial charge in [0.05, 0.1) is 25.6 Å². The number of rotatable bonds is 7. The van der Waals surface area contributed by atoms with Crippen molar-refractivity contribution in [3.05, 3.63) is 40.5 Å². The molecule has 0 radical (unpaired) electrons. The van der Waals surface area contributed by atoms with E-state index in [0.717, 1.165) is 10.2 Å². The van der Waals surface area contributed by atoms with Crippen LogP contribution in [0.2, 0.25) is 0 Å². The minimum absolute atomic E-state index is 0.179. The fourth-order valence-corrected chi connectivity index (χ4v) is 2.49. The number of anilines is 1. The van der Waals surface area contributed by atoms with Crippen molar-refractivity contribution >= 4 is 33.6 Å². The van der Waals surface area contributed by atoms with Crippen LogP contribution in [-0.2, 0) is 16.1 Å². The fourth-order valence-electron chi connectivity index (χ4n) is 2.23. The Kier molecular flexibility index (Phi) is 7.37. The molecule has 27 heavy (non-hydrogen) atoms. The van der Waals surface area contributed by atoms with Gasteiger partial charge in [0.2, 0.25) is 0 Å². The largest absolute Gasteiger partial charge is 0.489 e. The molecule has 1 unspecified atom stereocenters. The van der Waals surface area contributed by atoms with Crippen molar-refractivity contribution in [3.8, 4) is 11.8 Å². The monoisotopic (exact) mass is 433 g/mol. The maximum absolute atomic E-state index is 12.0. The number of halogens is 1. The lowest BCUT2D eigenvalue weighted by Gasteiger charge is -2.15. The molecular weight excluding hydrogens is 414 g/mol. The maximum atomic E-state index is 12.0. The number of aromatic nitrogens is 2. The van der Waals surface area contributed by atoms with Crippen LogP contribution in [0.5, 0.6) is 5.75 Å². The Labute approximate surface area is 165 Å². The van der Waals surface area contributed by atoms with E-state index < -0.39 is 11.8 Å². The number of ether oxygens (including phenoxy) is 1. The molecule has 0 fully saturated rings. The first-order chi connectivity index (χ1) is 12.9. The fraction of sp³-hybridized carbons (Fsp3) is 0.333. The van der Waals surface area contributed by atoms with Crippen molar-refractivity contribution in [1.82, 2.24) is 15.1 Å². The molecule has 0 spiro atoms. The van der Waals surface area contributed by atoms with Gasteiger partial charge in [0.25, 0.3) is 0 Å². The summed E-state index contributed by atoms with van der Waals surface area (Å²) < 4.78 is 8.21. The molecule has 1 atom stereocenters. The number of nitriles is 1. The topological polar surface area (TPSA) is 109 Å².